The summed E-state index contributed by atoms with van der Waals surface area (Å²) in [6, 6.07) is 12.3. The van der Waals surface area contributed by atoms with E-state index in [1.54, 1.807) is 12.1 Å². The highest BCUT2D eigenvalue weighted by molar-refractivity contribution is 7.93. The van der Waals surface area contributed by atoms with Crippen molar-refractivity contribution in [1.82, 2.24) is 10.2 Å². The molecule has 1 heterocycles. The number of anilines is 1. The van der Waals surface area contributed by atoms with Crippen LogP contribution in [-0.4, -0.2) is 23.5 Å². The highest BCUT2D eigenvalue weighted by Gasteiger charge is 2.26. The van der Waals surface area contributed by atoms with Crippen LogP contribution in [0.2, 0.25) is 5.02 Å². The van der Waals surface area contributed by atoms with Crippen molar-refractivity contribution in [3.05, 3.63) is 74.2 Å². The number of sulfonamides is 1. The molecule has 0 aliphatic carbocycles. The number of benzene rings is 2. The van der Waals surface area contributed by atoms with Crippen molar-refractivity contribution >= 4 is 43.8 Å². The lowest BCUT2D eigenvalue weighted by Gasteiger charge is -2.04. The maximum Gasteiger partial charge on any atom is 0.289 e. The van der Waals surface area contributed by atoms with Gasteiger partial charge in [0, 0.05) is 17.5 Å². The molecular weight excluding hydrogens is 400 g/mol. The fourth-order valence-corrected chi connectivity index (χ4v) is 4.45. The van der Waals surface area contributed by atoms with Gasteiger partial charge in [-0.15, -0.1) is 10.2 Å². The van der Waals surface area contributed by atoms with Gasteiger partial charge < -0.3 is 0 Å². The van der Waals surface area contributed by atoms with Crippen molar-refractivity contribution in [1.29, 1.82) is 0 Å². The molecule has 0 aliphatic rings. The third-order valence-electron chi connectivity index (χ3n) is 3.31. The molecule has 0 bridgehead atoms. The van der Waals surface area contributed by atoms with E-state index in [2.05, 4.69) is 14.9 Å². The van der Waals surface area contributed by atoms with E-state index in [9.17, 15) is 18.5 Å². The summed E-state index contributed by atoms with van der Waals surface area (Å²) in [5, 5.41) is 20.0. The number of nitro groups is 1. The number of aromatic nitrogens is 2. The maximum atomic E-state index is 12.4. The maximum absolute atomic E-state index is 12.4. The molecule has 2 aromatic carbocycles. The van der Waals surface area contributed by atoms with Gasteiger partial charge in [0.2, 0.25) is 5.13 Å². The van der Waals surface area contributed by atoms with E-state index >= 15 is 0 Å². The molecule has 0 aliphatic heterocycles. The fourth-order valence-electron chi connectivity index (χ4n) is 2.15. The SMILES string of the molecule is O=[N+]([O-])c1ccccc1S(=O)(=O)Nc1nnc(Cc2ccc(Cl)cc2)s1. The second-order valence-electron chi connectivity index (χ2n) is 5.13. The van der Waals surface area contributed by atoms with Crippen LogP contribution in [-0.2, 0) is 16.4 Å². The molecule has 0 spiro atoms. The quantitative estimate of drug-likeness (QED) is 0.491. The second kappa shape index (κ2) is 7.36. The van der Waals surface area contributed by atoms with E-state index < -0.39 is 25.5 Å². The normalized spacial score (nSPS) is 11.3. The number of rotatable bonds is 6. The van der Waals surface area contributed by atoms with E-state index in [0.717, 1.165) is 29.0 Å². The van der Waals surface area contributed by atoms with Gasteiger partial charge in [0.05, 0.1) is 4.92 Å². The molecular formula is C15H11ClN4O4S2. The molecule has 26 heavy (non-hydrogen) atoms. The summed E-state index contributed by atoms with van der Waals surface area (Å²) in [6.07, 6.45) is 0.460. The van der Waals surface area contributed by atoms with Crippen LogP contribution < -0.4 is 4.72 Å². The van der Waals surface area contributed by atoms with E-state index in [-0.39, 0.29) is 5.13 Å². The van der Waals surface area contributed by atoms with Crippen molar-refractivity contribution < 1.29 is 13.3 Å². The van der Waals surface area contributed by atoms with Gasteiger partial charge >= 0.3 is 0 Å². The highest BCUT2D eigenvalue weighted by atomic mass is 35.5. The number of para-hydroxylation sites is 1. The van der Waals surface area contributed by atoms with Crippen LogP contribution in [0, 0.1) is 10.1 Å². The Labute approximate surface area is 157 Å². The summed E-state index contributed by atoms with van der Waals surface area (Å²) in [7, 11) is -4.16. The first-order valence-electron chi connectivity index (χ1n) is 7.18. The van der Waals surface area contributed by atoms with Crippen molar-refractivity contribution in [3.63, 3.8) is 0 Å². The molecule has 0 radical (unpaired) electrons. The van der Waals surface area contributed by atoms with Crippen LogP contribution in [0.25, 0.3) is 0 Å². The lowest BCUT2D eigenvalue weighted by molar-refractivity contribution is -0.387. The summed E-state index contributed by atoms with van der Waals surface area (Å²) >= 11 is 6.89. The Kier molecular flexibility index (Phi) is 5.16. The number of nitrogens with zero attached hydrogens (tertiary/aromatic N) is 3. The number of nitro benzene ring substituents is 1. The third-order valence-corrected chi connectivity index (χ3v) is 5.91. The number of nitrogens with one attached hydrogen (secondary N) is 1. The lowest BCUT2D eigenvalue weighted by Crippen LogP contribution is -2.14. The predicted octanol–water partition coefficient (Wildman–Crippen LogP) is 3.49. The fraction of sp³-hybridized carbons (Fsp3) is 0.0667. The van der Waals surface area contributed by atoms with Crippen molar-refractivity contribution in [2.24, 2.45) is 0 Å². The van der Waals surface area contributed by atoms with Gasteiger partial charge in [0.25, 0.3) is 15.7 Å². The van der Waals surface area contributed by atoms with E-state index in [4.69, 9.17) is 11.6 Å². The monoisotopic (exact) mass is 410 g/mol. The molecule has 3 aromatic rings. The molecule has 1 aromatic heterocycles. The average Bonchev–Trinajstić information content (AvgIpc) is 3.03. The topological polar surface area (TPSA) is 115 Å². The van der Waals surface area contributed by atoms with Crippen LogP contribution in [0.5, 0.6) is 0 Å². The summed E-state index contributed by atoms with van der Waals surface area (Å²) in [5.41, 5.74) is 0.435. The first-order chi connectivity index (χ1) is 12.3. The number of halogens is 1. The summed E-state index contributed by atoms with van der Waals surface area (Å²) in [5.74, 6) is 0. The van der Waals surface area contributed by atoms with Crippen LogP contribution in [0.4, 0.5) is 10.8 Å². The van der Waals surface area contributed by atoms with Crippen LogP contribution in [0.3, 0.4) is 0 Å². The standard InChI is InChI=1S/C15H11ClN4O4S2/c16-11-7-5-10(6-8-11)9-14-17-18-15(25-14)19-26(23,24)13-4-2-1-3-12(13)20(21)22/h1-8H,9H2,(H,18,19). The summed E-state index contributed by atoms with van der Waals surface area (Å²) in [4.78, 5) is 9.85. The van der Waals surface area contributed by atoms with Gasteiger partial charge in [0.15, 0.2) is 4.90 Å². The zero-order valence-corrected chi connectivity index (χ0v) is 15.4. The molecule has 11 heteroatoms. The Morgan fingerprint density at radius 2 is 1.81 bits per heavy atom. The van der Waals surface area contributed by atoms with Gasteiger partial charge in [-0.3, -0.25) is 14.8 Å². The minimum absolute atomic E-state index is 0.0344. The van der Waals surface area contributed by atoms with Crippen molar-refractivity contribution in [2.75, 3.05) is 4.72 Å². The smallest absolute Gasteiger partial charge is 0.258 e. The lowest BCUT2D eigenvalue weighted by atomic mass is 10.2. The minimum atomic E-state index is -4.16. The minimum Gasteiger partial charge on any atom is -0.258 e. The van der Waals surface area contributed by atoms with E-state index in [0.29, 0.717) is 16.5 Å². The largest absolute Gasteiger partial charge is 0.289 e. The van der Waals surface area contributed by atoms with Gasteiger partial charge in [0.1, 0.15) is 5.01 Å². The Morgan fingerprint density at radius 1 is 1.12 bits per heavy atom. The molecule has 0 atom stereocenters. The zero-order valence-electron chi connectivity index (χ0n) is 13.0. The Morgan fingerprint density at radius 3 is 2.50 bits per heavy atom. The van der Waals surface area contributed by atoms with Gasteiger partial charge in [-0.25, -0.2) is 8.42 Å². The molecule has 0 unspecified atom stereocenters. The summed E-state index contributed by atoms with van der Waals surface area (Å²) in [6.45, 7) is 0. The van der Waals surface area contributed by atoms with Gasteiger partial charge in [-0.05, 0) is 23.8 Å². The molecule has 134 valence electrons. The molecule has 8 nitrogen and oxygen atoms in total. The Bertz CT molecular complexity index is 1050. The average molecular weight is 411 g/mol. The van der Waals surface area contributed by atoms with E-state index in [1.165, 1.54) is 12.1 Å². The summed E-state index contributed by atoms with van der Waals surface area (Å²) < 4.78 is 27.1. The molecule has 0 fully saturated rings. The Hall–Kier alpha value is -2.56. The first kappa shape index (κ1) is 18.2. The molecule has 0 amide bonds. The Balaban J connectivity index is 1.80. The second-order valence-corrected chi connectivity index (χ2v) is 8.28. The molecule has 3 rings (SSSR count). The van der Waals surface area contributed by atoms with Crippen LogP contribution in [0.15, 0.2) is 53.4 Å². The molecule has 0 saturated carbocycles. The zero-order chi connectivity index (χ0) is 18.7. The number of hydrogen-bond donors (Lipinski definition) is 1. The first-order valence-corrected chi connectivity index (χ1v) is 9.86. The van der Waals surface area contributed by atoms with Crippen LogP contribution in [0.1, 0.15) is 10.6 Å². The number of hydrogen-bond acceptors (Lipinski definition) is 7. The van der Waals surface area contributed by atoms with Gasteiger partial charge in [-0.2, -0.15) is 0 Å². The molecule has 0 saturated heterocycles. The van der Waals surface area contributed by atoms with E-state index in [1.807, 2.05) is 12.1 Å². The van der Waals surface area contributed by atoms with Crippen LogP contribution >= 0.6 is 22.9 Å². The van der Waals surface area contributed by atoms with Crippen molar-refractivity contribution in [2.45, 2.75) is 11.3 Å². The predicted molar refractivity (Wildman–Crippen MR) is 98.1 cm³/mol. The highest BCUT2D eigenvalue weighted by Crippen LogP contribution is 2.27. The third kappa shape index (κ3) is 4.15. The van der Waals surface area contributed by atoms with Crippen molar-refractivity contribution in [3.8, 4) is 0 Å². The molecule has 1 N–H and O–H groups in total. The van der Waals surface area contributed by atoms with Gasteiger partial charge in [-0.1, -0.05) is 47.2 Å².